The summed E-state index contributed by atoms with van der Waals surface area (Å²) in [7, 11) is 1.66. The molecule has 0 radical (unpaired) electrons. The topological polar surface area (TPSA) is 60.2 Å². The fourth-order valence-electron chi connectivity index (χ4n) is 1.72. The molecule has 0 aromatic carbocycles. The van der Waals surface area contributed by atoms with Gasteiger partial charge in [-0.2, -0.15) is 0 Å². The van der Waals surface area contributed by atoms with E-state index in [1.165, 1.54) is 0 Å². The van der Waals surface area contributed by atoms with Crippen LogP contribution in [0.5, 0.6) is 5.75 Å². The summed E-state index contributed by atoms with van der Waals surface area (Å²) >= 11 is 0. The highest BCUT2D eigenvalue weighted by Gasteiger charge is 2.03. The van der Waals surface area contributed by atoms with Crippen molar-refractivity contribution in [1.82, 2.24) is 15.5 Å². The molecule has 5 nitrogen and oxygen atoms in total. The molecule has 2 heterocycles. The van der Waals surface area contributed by atoms with Crippen molar-refractivity contribution in [2.24, 2.45) is 0 Å². The van der Waals surface area contributed by atoms with Crippen molar-refractivity contribution < 1.29 is 9.26 Å². The lowest BCUT2D eigenvalue weighted by molar-refractivity contribution is 0.369. The second kappa shape index (κ2) is 5.64. The van der Waals surface area contributed by atoms with Gasteiger partial charge in [-0.3, -0.25) is 4.98 Å². The molecule has 0 unspecified atom stereocenters. The lowest BCUT2D eigenvalue weighted by atomic mass is 10.3. The number of aryl methyl sites for hydroxylation is 2. The summed E-state index contributed by atoms with van der Waals surface area (Å²) in [5, 5.41) is 7.09. The van der Waals surface area contributed by atoms with Gasteiger partial charge in [0.05, 0.1) is 25.0 Å². The summed E-state index contributed by atoms with van der Waals surface area (Å²) in [5.74, 6) is 1.65. The van der Waals surface area contributed by atoms with Crippen LogP contribution in [0.15, 0.2) is 22.7 Å². The van der Waals surface area contributed by atoms with Crippen molar-refractivity contribution in [1.29, 1.82) is 0 Å². The standard InChI is InChI=1S/C13H17N3O2/c1-9-4-12(17-3)6-11(15-9)7-14-8-13-5-10(2)16-18-13/h4-6,14H,7-8H2,1-3H3. The maximum Gasteiger partial charge on any atom is 0.150 e. The van der Waals surface area contributed by atoms with Crippen LogP contribution >= 0.6 is 0 Å². The summed E-state index contributed by atoms with van der Waals surface area (Å²) in [4.78, 5) is 4.43. The second-order valence-corrected chi connectivity index (χ2v) is 4.18. The molecule has 0 amide bonds. The largest absolute Gasteiger partial charge is 0.497 e. The Hall–Kier alpha value is -1.88. The summed E-state index contributed by atoms with van der Waals surface area (Å²) in [6, 6.07) is 5.74. The number of ether oxygens (including phenoxy) is 1. The molecule has 0 atom stereocenters. The van der Waals surface area contributed by atoms with E-state index in [4.69, 9.17) is 9.26 Å². The molecule has 0 fully saturated rings. The predicted octanol–water partition coefficient (Wildman–Crippen LogP) is 1.98. The smallest absolute Gasteiger partial charge is 0.150 e. The van der Waals surface area contributed by atoms with Gasteiger partial charge >= 0.3 is 0 Å². The third-order valence-electron chi connectivity index (χ3n) is 2.50. The van der Waals surface area contributed by atoms with E-state index in [2.05, 4.69) is 15.5 Å². The highest BCUT2D eigenvalue weighted by Crippen LogP contribution is 2.13. The van der Waals surface area contributed by atoms with E-state index in [-0.39, 0.29) is 0 Å². The van der Waals surface area contributed by atoms with Crippen molar-refractivity contribution in [3.05, 3.63) is 41.0 Å². The van der Waals surface area contributed by atoms with Crippen LogP contribution in [0.3, 0.4) is 0 Å². The van der Waals surface area contributed by atoms with E-state index < -0.39 is 0 Å². The zero-order chi connectivity index (χ0) is 13.0. The molecule has 0 spiro atoms. The van der Waals surface area contributed by atoms with Crippen LogP contribution in [0, 0.1) is 13.8 Å². The minimum Gasteiger partial charge on any atom is -0.497 e. The molecule has 5 heteroatoms. The normalized spacial score (nSPS) is 10.6. The van der Waals surface area contributed by atoms with Gasteiger partial charge in [0.1, 0.15) is 5.75 Å². The number of hydrogen-bond acceptors (Lipinski definition) is 5. The quantitative estimate of drug-likeness (QED) is 0.875. The second-order valence-electron chi connectivity index (χ2n) is 4.18. The SMILES string of the molecule is COc1cc(C)nc(CNCc2cc(C)no2)c1. The van der Waals surface area contributed by atoms with Crippen molar-refractivity contribution >= 4 is 0 Å². The van der Waals surface area contributed by atoms with Gasteiger partial charge in [0.25, 0.3) is 0 Å². The van der Waals surface area contributed by atoms with Gasteiger partial charge in [-0.1, -0.05) is 5.16 Å². The Morgan fingerprint density at radius 1 is 1.17 bits per heavy atom. The van der Waals surface area contributed by atoms with Gasteiger partial charge in [-0.25, -0.2) is 0 Å². The van der Waals surface area contributed by atoms with Crippen molar-refractivity contribution in [3.63, 3.8) is 0 Å². The zero-order valence-electron chi connectivity index (χ0n) is 10.9. The first-order valence-electron chi connectivity index (χ1n) is 5.82. The van der Waals surface area contributed by atoms with Gasteiger partial charge in [0.15, 0.2) is 5.76 Å². The highest BCUT2D eigenvalue weighted by atomic mass is 16.5. The lowest BCUT2D eigenvalue weighted by Crippen LogP contribution is -2.13. The molecule has 2 aromatic heterocycles. The minimum atomic E-state index is 0.638. The monoisotopic (exact) mass is 247 g/mol. The molecule has 0 saturated carbocycles. The van der Waals surface area contributed by atoms with Gasteiger partial charge in [0, 0.05) is 30.4 Å². The third kappa shape index (κ3) is 3.30. The number of methoxy groups -OCH3 is 1. The number of rotatable bonds is 5. The number of aromatic nitrogens is 2. The Balaban J connectivity index is 1.91. The van der Waals surface area contributed by atoms with Gasteiger partial charge in [0.2, 0.25) is 0 Å². The molecule has 0 aliphatic rings. The van der Waals surface area contributed by atoms with Crippen LogP contribution in [0.2, 0.25) is 0 Å². The Morgan fingerprint density at radius 3 is 2.67 bits per heavy atom. The molecule has 0 bridgehead atoms. The van der Waals surface area contributed by atoms with Crippen molar-refractivity contribution in [2.75, 3.05) is 7.11 Å². The molecule has 18 heavy (non-hydrogen) atoms. The maximum absolute atomic E-state index is 5.21. The summed E-state index contributed by atoms with van der Waals surface area (Å²) < 4.78 is 10.3. The van der Waals surface area contributed by atoms with Crippen LogP contribution in [0.1, 0.15) is 22.8 Å². The van der Waals surface area contributed by atoms with E-state index in [0.717, 1.165) is 28.6 Å². The van der Waals surface area contributed by atoms with Crippen molar-refractivity contribution in [2.45, 2.75) is 26.9 Å². The molecule has 1 N–H and O–H groups in total. The van der Waals surface area contributed by atoms with Crippen LogP contribution < -0.4 is 10.1 Å². The molecule has 96 valence electrons. The first-order valence-corrected chi connectivity index (χ1v) is 5.82. The van der Waals surface area contributed by atoms with E-state index in [1.807, 2.05) is 32.0 Å². The first-order chi connectivity index (χ1) is 8.67. The Labute approximate surface area is 106 Å². The Kier molecular flexibility index (Phi) is 3.94. The molecule has 0 aliphatic heterocycles. The Bertz CT molecular complexity index is 523. The van der Waals surface area contributed by atoms with E-state index >= 15 is 0 Å². The van der Waals surface area contributed by atoms with E-state index in [1.54, 1.807) is 7.11 Å². The van der Waals surface area contributed by atoms with Crippen LogP contribution in [-0.2, 0) is 13.1 Å². The fraction of sp³-hybridized carbons (Fsp3) is 0.385. The highest BCUT2D eigenvalue weighted by molar-refractivity contribution is 5.26. The van der Waals surface area contributed by atoms with E-state index in [0.29, 0.717) is 13.1 Å². The average Bonchev–Trinajstić information content (AvgIpc) is 2.74. The maximum atomic E-state index is 5.21. The summed E-state index contributed by atoms with van der Waals surface area (Å²) in [6.45, 7) is 5.16. The fourth-order valence-corrected chi connectivity index (χ4v) is 1.72. The lowest BCUT2D eigenvalue weighted by Gasteiger charge is -2.06. The van der Waals surface area contributed by atoms with Gasteiger partial charge in [-0.15, -0.1) is 0 Å². The van der Waals surface area contributed by atoms with Crippen LogP contribution in [0.4, 0.5) is 0 Å². The van der Waals surface area contributed by atoms with Gasteiger partial charge in [-0.05, 0) is 13.8 Å². The molecular formula is C13H17N3O2. The molecule has 2 aromatic rings. The predicted molar refractivity (Wildman–Crippen MR) is 67.3 cm³/mol. The van der Waals surface area contributed by atoms with Crippen LogP contribution in [-0.4, -0.2) is 17.3 Å². The average molecular weight is 247 g/mol. The summed E-state index contributed by atoms with van der Waals surface area (Å²) in [6.07, 6.45) is 0. The number of nitrogens with one attached hydrogen (secondary N) is 1. The zero-order valence-corrected chi connectivity index (χ0v) is 10.9. The number of pyridine rings is 1. The minimum absolute atomic E-state index is 0.638. The molecule has 0 aliphatic carbocycles. The number of hydrogen-bond donors (Lipinski definition) is 1. The molecule has 0 saturated heterocycles. The summed E-state index contributed by atoms with van der Waals surface area (Å²) in [5.41, 5.74) is 2.78. The Morgan fingerprint density at radius 2 is 2.00 bits per heavy atom. The van der Waals surface area contributed by atoms with Gasteiger partial charge < -0.3 is 14.6 Å². The molecular weight excluding hydrogens is 230 g/mol. The first kappa shape index (κ1) is 12.6. The van der Waals surface area contributed by atoms with Crippen LogP contribution in [0.25, 0.3) is 0 Å². The third-order valence-corrected chi connectivity index (χ3v) is 2.50. The number of nitrogens with zero attached hydrogens (tertiary/aromatic N) is 2. The van der Waals surface area contributed by atoms with Crippen molar-refractivity contribution in [3.8, 4) is 5.75 Å². The molecule has 2 rings (SSSR count). The van der Waals surface area contributed by atoms with E-state index in [9.17, 15) is 0 Å².